The highest BCUT2D eigenvalue weighted by Crippen LogP contribution is 2.25. The molecule has 0 aliphatic rings. The van der Waals surface area contributed by atoms with Gasteiger partial charge >= 0.3 is 17.5 Å². The molecule has 0 amide bonds. The first-order valence-electron chi connectivity index (χ1n) is 5.03. The molecule has 0 fully saturated rings. The molecule has 0 saturated carbocycles. The maximum atomic E-state index is 12.8. The van der Waals surface area contributed by atoms with Crippen LogP contribution in [0.5, 0.6) is 5.75 Å². The van der Waals surface area contributed by atoms with Crippen LogP contribution >= 0.6 is 0 Å². The minimum absolute atomic E-state index is 0.152. The second-order valence-electron chi connectivity index (χ2n) is 3.75. The molecule has 1 rings (SSSR count). The van der Waals surface area contributed by atoms with E-state index in [-0.39, 0.29) is 5.56 Å². The molecule has 0 spiro atoms. The first kappa shape index (κ1) is 16.1. The Balaban J connectivity index is 3.45. The first-order valence-corrected chi connectivity index (χ1v) is 6.33. The van der Waals surface area contributed by atoms with Gasteiger partial charge in [0.1, 0.15) is 5.75 Å². The number of hydrogen-bond donors (Lipinski definition) is 0. The van der Waals surface area contributed by atoms with Gasteiger partial charge in [0.2, 0.25) is 0 Å². The molecule has 0 aliphatic heterocycles. The van der Waals surface area contributed by atoms with Crippen molar-refractivity contribution in [1.82, 2.24) is 0 Å². The standard InChI is InChI=1S/C8H7BF4N3O3S/c1-5-7(9(10,11)12)2-6(4-15-16-14)3-8(5)19-20(13,17)18/h2-3H,4H2,1H3/q-1. The molecule has 0 N–H and O–H groups in total. The van der Waals surface area contributed by atoms with Crippen LogP contribution < -0.4 is 9.65 Å². The molecule has 110 valence electrons. The van der Waals surface area contributed by atoms with Crippen molar-refractivity contribution in [3.05, 3.63) is 33.7 Å². The van der Waals surface area contributed by atoms with Gasteiger partial charge in [0.25, 0.3) is 0 Å². The fraction of sp³-hybridized carbons (Fsp3) is 0.250. The van der Waals surface area contributed by atoms with E-state index in [4.69, 9.17) is 5.53 Å². The number of halogens is 4. The van der Waals surface area contributed by atoms with Crippen LogP contribution in [0.25, 0.3) is 10.4 Å². The lowest BCUT2D eigenvalue weighted by molar-refractivity contribution is 0.437. The number of hydrogen-bond acceptors (Lipinski definition) is 4. The van der Waals surface area contributed by atoms with Gasteiger partial charge < -0.3 is 17.1 Å². The van der Waals surface area contributed by atoms with E-state index >= 15 is 0 Å². The minimum atomic E-state index is -5.47. The maximum Gasteiger partial charge on any atom is 0.510 e. The summed E-state index contributed by atoms with van der Waals surface area (Å²) in [6.07, 6.45) is 0. The zero-order valence-corrected chi connectivity index (χ0v) is 10.7. The third-order valence-corrected chi connectivity index (χ3v) is 2.70. The Morgan fingerprint density at radius 1 is 1.40 bits per heavy atom. The molecule has 0 heterocycles. The normalized spacial score (nSPS) is 11.8. The van der Waals surface area contributed by atoms with E-state index in [2.05, 4.69) is 14.2 Å². The van der Waals surface area contributed by atoms with Crippen LogP contribution in [0.4, 0.5) is 16.8 Å². The Morgan fingerprint density at radius 3 is 2.45 bits per heavy atom. The lowest BCUT2D eigenvalue weighted by Crippen LogP contribution is -2.36. The van der Waals surface area contributed by atoms with Crippen LogP contribution in [0.3, 0.4) is 0 Å². The van der Waals surface area contributed by atoms with Crippen molar-refractivity contribution in [2.45, 2.75) is 13.5 Å². The van der Waals surface area contributed by atoms with Crippen LogP contribution in [0.1, 0.15) is 11.1 Å². The van der Waals surface area contributed by atoms with Crippen LogP contribution in [0, 0.1) is 6.92 Å². The summed E-state index contributed by atoms with van der Waals surface area (Å²) in [6, 6.07) is 1.56. The van der Waals surface area contributed by atoms with Crippen LogP contribution in [-0.2, 0) is 17.0 Å². The van der Waals surface area contributed by atoms with Crippen molar-refractivity contribution in [2.24, 2.45) is 5.11 Å². The molecule has 0 radical (unpaired) electrons. The molecule has 1 aromatic rings. The summed E-state index contributed by atoms with van der Waals surface area (Å²) in [7, 11) is -5.46. The third-order valence-electron chi connectivity index (χ3n) is 2.32. The van der Waals surface area contributed by atoms with E-state index in [0.29, 0.717) is 6.07 Å². The molecule has 0 unspecified atom stereocenters. The second kappa shape index (κ2) is 5.59. The maximum absolute atomic E-state index is 12.8. The van der Waals surface area contributed by atoms with Gasteiger partial charge in [-0.1, -0.05) is 15.1 Å². The molecular weight excluding hydrogens is 305 g/mol. The highest BCUT2D eigenvalue weighted by Gasteiger charge is 2.30. The van der Waals surface area contributed by atoms with Crippen molar-refractivity contribution < 1.29 is 29.4 Å². The Labute approximate surface area is 111 Å². The van der Waals surface area contributed by atoms with Crippen LogP contribution in [0.15, 0.2) is 17.2 Å². The van der Waals surface area contributed by atoms with Crippen molar-refractivity contribution in [1.29, 1.82) is 0 Å². The van der Waals surface area contributed by atoms with Crippen molar-refractivity contribution in [2.75, 3.05) is 0 Å². The van der Waals surface area contributed by atoms with E-state index in [1.54, 1.807) is 0 Å². The SMILES string of the molecule is Cc1c(OS(=O)(=O)F)cc(CN=[N+]=[N-])cc1[B-](F)(F)F. The summed E-state index contributed by atoms with van der Waals surface area (Å²) in [5, 5.41) is 3.05. The molecule has 20 heavy (non-hydrogen) atoms. The predicted molar refractivity (Wildman–Crippen MR) is 63.4 cm³/mol. The van der Waals surface area contributed by atoms with Crippen LogP contribution in [-0.4, -0.2) is 15.4 Å². The first-order chi connectivity index (χ1) is 9.04. The highest BCUT2D eigenvalue weighted by atomic mass is 32.3. The minimum Gasteiger partial charge on any atom is -0.445 e. The average molecular weight is 312 g/mol. The molecule has 1 aromatic carbocycles. The topological polar surface area (TPSA) is 92.1 Å². The van der Waals surface area contributed by atoms with Gasteiger partial charge in [0.05, 0.1) is 6.54 Å². The summed E-state index contributed by atoms with van der Waals surface area (Å²) >= 11 is 0. The van der Waals surface area contributed by atoms with Gasteiger partial charge in [-0.2, -0.15) is 8.42 Å². The lowest BCUT2D eigenvalue weighted by atomic mass is 9.76. The molecule has 0 aromatic heterocycles. The quantitative estimate of drug-likeness (QED) is 0.209. The van der Waals surface area contributed by atoms with E-state index in [0.717, 1.165) is 13.0 Å². The zero-order chi connectivity index (χ0) is 15.6. The summed E-state index contributed by atoms with van der Waals surface area (Å²) in [5.74, 6) is -0.799. The fourth-order valence-corrected chi connectivity index (χ4v) is 1.89. The van der Waals surface area contributed by atoms with E-state index in [9.17, 15) is 25.3 Å². The van der Waals surface area contributed by atoms with Gasteiger partial charge in [-0.05, 0) is 29.6 Å². The fourth-order valence-electron chi connectivity index (χ4n) is 1.51. The van der Waals surface area contributed by atoms with Crippen LogP contribution in [0.2, 0.25) is 0 Å². The predicted octanol–water partition coefficient (Wildman–Crippen LogP) is 2.45. The molecule has 0 saturated heterocycles. The molecule has 0 atom stereocenters. The number of azide groups is 1. The summed E-state index contributed by atoms with van der Waals surface area (Å²) in [4.78, 5) is 2.37. The number of rotatable bonds is 5. The number of benzene rings is 1. The molecule has 0 bridgehead atoms. The largest absolute Gasteiger partial charge is 0.510 e. The van der Waals surface area contributed by atoms with Crippen molar-refractivity contribution in [3.63, 3.8) is 0 Å². The van der Waals surface area contributed by atoms with E-state index in [1.807, 2.05) is 0 Å². The van der Waals surface area contributed by atoms with Gasteiger partial charge in [0, 0.05) is 4.91 Å². The summed E-state index contributed by atoms with van der Waals surface area (Å²) < 4.78 is 75.6. The van der Waals surface area contributed by atoms with Gasteiger partial charge in [-0.25, -0.2) is 0 Å². The average Bonchev–Trinajstić information content (AvgIpc) is 2.26. The molecular formula is C8H7BF4N3O3S-. The van der Waals surface area contributed by atoms with Crippen molar-refractivity contribution in [3.8, 4) is 5.75 Å². The Hall–Kier alpha value is -1.94. The van der Waals surface area contributed by atoms with E-state index in [1.165, 1.54) is 0 Å². The summed E-state index contributed by atoms with van der Waals surface area (Å²) in [5.41, 5.74) is 6.26. The summed E-state index contributed by atoms with van der Waals surface area (Å²) in [6.45, 7) is -4.98. The zero-order valence-electron chi connectivity index (χ0n) is 9.93. The van der Waals surface area contributed by atoms with E-state index < -0.39 is 40.8 Å². The van der Waals surface area contributed by atoms with Gasteiger partial charge in [-0.3, -0.25) is 0 Å². The smallest absolute Gasteiger partial charge is 0.445 e. The molecule has 12 heteroatoms. The second-order valence-corrected chi connectivity index (χ2v) is 4.70. The monoisotopic (exact) mass is 312 g/mol. The lowest BCUT2D eigenvalue weighted by Gasteiger charge is -2.20. The highest BCUT2D eigenvalue weighted by molar-refractivity contribution is 7.81. The van der Waals surface area contributed by atoms with Gasteiger partial charge in [0.15, 0.2) is 0 Å². The third kappa shape index (κ3) is 4.32. The molecule has 6 nitrogen and oxygen atoms in total. The van der Waals surface area contributed by atoms with Crippen molar-refractivity contribution >= 4 is 22.9 Å². The Bertz CT molecular complexity index is 670. The Morgan fingerprint density at radius 2 is 2.00 bits per heavy atom. The molecule has 0 aliphatic carbocycles. The van der Waals surface area contributed by atoms with Gasteiger partial charge in [-0.15, -0.1) is 5.46 Å². The number of nitrogens with zero attached hydrogens (tertiary/aromatic N) is 3. The Kier molecular flexibility index (Phi) is 4.51.